The van der Waals surface area contributed by atoms with E-state index in [2.05, 4.69) is 21.9 Å². The van der Waals surface area contributed by atoms with Crippen LogP contribution in [0.4, 0.5) is 0 Å². The number of nitrogens with one attached hydrogen (secondary N) is 1. The zero-order chi connectivity index (χ0) is 28.0. The number of amides is 1. The summed E-state index contributed by atoms with van der Waals surface area (Å²) < 4.78 is 7.43. The van der Waals surface area contributed by atoms with Crippen molar-refractivity contribution in [3.05, 3.63) is 45.1 Å². The third-order valence-electron chi connectivity index (χ3n) is 10.5. The Morgan fingerprint density at radius 1 is 0.925 bits per heavy atom. The fourth-order valence-electron chi connectivity index (χ4n) is 8.58. The minimum Gasteiger partial charge on any atom is -0.468 e. The van der Waals surface area contributed by atoms with E-state index < -0.39 is 17.6 Å². The minimum absolute atomic E-state index is 0.192. The number of nitrogens with zero attached hydrogens (tertiary/aromatic N) is 3. The molecule has 1 aromatic carbocycles. The highest BCUT2D eigenvalue weighted by Gasteiger charge is 2.46. The zero-order valence-electron chi connectivity index (χ0n) is 23.7. The van der Waals surface area contributed by atoms with Gasteiger partial charge in [-0.05, 0) is 74.8 Å². The molecule has 1 amide bonds. The van der Waals surface area contributed by atoms with Crippen LogP contribution < -0.4 is 16.6 Å². The number of hydrogen-bond acceptors (Lipinski definition) is 6. The summed E-state index contributed by atoms with van der Waals surface area (Å²) in [6, 6.07) is 8.17. The van der Waals surface area contributed by atoms with E-state index in [0.717, 1.165) is 43.4 Å². The second-order valence-corrected chi connectivity index (χ2v) is 12.8. The lowest BCUT2D eigenvalue weighted by Gasteiger charge is -2.56. The van der Waals surface area contributed by atoms with E-state index in [-0.39, 0.29) is 24.7 Å². The number of carbonyl (C=O) groups is 2. The number of hydrogen-bond donors (Lipinski definition) is 1. The Bertz CT molecular complexity index is 1380. The molecule has 2 aliphatic carbocycles. The Kier molecular flexibility index (Phi) is 7.59. The molecule has 2 saturated carbocycles. The standard InChI is InChI=1S/C31H42N4O5/c1-19-10-11-20-12-21(19)14-24(13-20)34-22-6-5-7-23(34)16-25(15-22)35-30(38)26-8-3-4-9-27(26)33(31(35)39)18-28(36)32-17-29(37)40-2/h3-4,8-9,19-25H,5-7,10-18H2,1-2H3,(H,32,36)/t19-,20-,21+,22-,23+,24?,25?/m0/s1. The lowest BCUT2D eigenvalue weighted by Crippen LogP contribution is -2.60. The Morgan fingerprint density at radius 3 is 2.42 bits per heavy atom. The molecule has 1 aromatic heterocycles. The van der Waals surface area contributed by atoms with Gasteiger partial charge in [0.1, 0.15) is 13.1 Å². The molecule has 9 nitrogen and oxygen atoms in total. The van der Waals surface area contributed by atoms with Gasteiger partial charge in [0.2, 0.25) is 5.91 Å². The first-order valence-electron chi connectivity index (χ1n) is 15.2. The molecule has 2 unspecified atom stereocenters. The predicted molar refractivity (Wildman–Crippen MR) is 152 cm³/mol. The number of ether oxygens (including phenoxy) is 1. The quantitative estimate of drug-likeness (QED) is 0.554. The first-order chi connectivity index (χ1) is 19.3. The van der Waals surface area contributed by atoms with Crippen LogP contribution in [0.25, 0.3) is 10.9 Å². The van der Waals surface area contributed by atoms with Crippen LogP contribution in [-0.2, 0) is 20.9 Å². The Labute approximate surface area is 234 Å². The van der Waals surface area contributed by atoms with Crippen molar-refractivity contribution in [2.24, 2.45) is 17.8 Å². The maximum atomic E-state index is 13.9. The Hall–Kier alpha value is -2.94. The van der Waals surface area contributed by atoms with E-state index in [0.29, 0.717) is 29.0 Å². The van der Waals surface area contributed by atoms with Gasteiger partial charge in [-0.3, -0.25) is 28.4 Å². The van der Waals surface area contributed by atoms with Crippen LogP contribution in [0.15, 0.2) is 33.9 Å². The van der Waals surface area contributed by atoms with Crippen molar-refractivity contribution in [2.75, 3.05) is 13.7 Å². The molecular weight excluding hydrogens is 508 g/mol. The summed E-state index contributed by atoms with van der Waals surface area (Å²) in [6.45, 7) is 1.89. The minimum atomic E-state index is -0.565. The molecule has 3 heterocycles. The summed E-state index contributed by atoms with van der Waals surface area (Å²) in [5, 5.41) is 2.95. The van der Waals surface area contributed by atoms with E-state index in [1.54, 1.807) is 24.3 Å². The van der Waals surface area contributed by atoms with E-state index in [1.165, 1.54) is 54.8 Å². The van der Waals surface area contributed by atoms with Crippen LogP contribution >= 0.6 is 0 Å². The zero-order valence-corrected chi connectivity index (χ0v) is 23.7. The molecule has 2 saturated heterocycles. The van der Waals surface area contributed by atoms with Crippen LogP contribution in [0.2, 0.25) is 0 Å². The van der Waals surface area contributed by atoms with Crippen molar-refractivity contribution < 1.29 is 14.3 Å². The summed E-state index contributed by atoms with van der Waals surface area (Å²) in [5.41, 5.74) is -0.290. The van der Waals surface area contributed by atoms with E-state index >= 15 is 0 Å². The number of benzene rings is 1. The monoisotopic (exact) mass is 550 g/mol. The van der Waals surface area contributed by atoms with Gasteiger partial charge in [0.15, 0.2) is 0 Å². The average molecular weight is 551 g/mol. The number of para-hydroxylation sites is 1. The van der Waals surface area contributed by atoms with Crippen LogP contribution in [0.3, 0.4) is 0 Å². The first kappa shape index (κ1) is 27.2. The van der Waals surface area contributed by atoms with Gasteiger partial charge < -0.3 is 10.1 Å². The lowest BCUT2D eigenvalue weighted by atomic mass is 9.64. The number of aromatic nitrogens is 2. The molecule has 1 N–H and O–H groups in total. The number of rotatable bonds is 6. The lowest BCUT2D eigenvalue weighted by molar-refractivity contribution is -0.141. The summed E-state index contributed by atoms with van der Waals surface area (Å²) in [4.78, 5) is 54.8. The number of methoxy groups -OCH3 is 1. The summed E-state index contributed by atoms with van der Waals surface area (Å²) >= 11 is 0. The number of esters is 1. The van der Waals surface area contributed by atoms with Crippen molar-refractivity contribution in [2.45, 2.75) is 102 Å². The van der Waals surface area contributed by atoms with Crippen LogP contribution in [0, 0.1) is 17.8 Å². The molecule has 216 valence electrons. The van der Waals surface area contributed by atoms with Crippen LogP contribution in [-0.4, -0.2) is 57.7 Å². The molecule has 40 heavy (non-hydrogen) atoms. The first-order valence-corrected chi connectivity index (χ1v) is 15.2. The normalized spacial score (nSPS) is 32.0. The van der Waals surface area contributed by atoms with Crippen LogP contribution in [0.1, 0.15) is 77.2 Å². The SMILES string of the molecule is COC(=O)CNC(=O)Cn1c(=O)n(C2C[C@H]3CCC[C@@H](C2)N3C2C[C@H]3CC[C@H](C)[C@@H](C2)C3)c(=O)c2ccccc21. The van der Waals surface area contributed by atoms with Gasteiger partial charge >= 0.3 is 11.7 Å². The van der Waals surface area contributed by atoms with Gasteiger partial charge in [-0.15, -0.1) is 0 Å². The van der Waals surface area contributed by atoms with E-state index in [9.17, 15) is 19.2 Å². The smallest absolute Gasteiger partial charge is 0.332 e. The van der Waals surface area contributed by atoms with Gasteiger partial charge in [-0.1, -0.05) is 38.3 Å². The van der Waals surface area contributed by atoms with E-state index in [4.69, 9.17) is 0 Å². The topological polar surface area (TPSA) is 103 Å². The molecule has 2 aliphatic heterocycles. The molecule has 0 spiro atoms. The number of fused-ring (bicyclic) bond motifs is 5. The highest BCUT2D eigenvalue weighted by atomic mass is 16.5. The van der Waals surface area contributed by atoms with Crippen molar-refractivity contribution in [3.8, 4) is 0 Å². The molecule has 9 heteroatoms. The van der Waals surface area contributed by atoms with Gasteiger partial charge in [-0.25, -0.2) is 4.79 Å². The summed E-state index contributed by atoms with van der Waals surface area (Å²) in [6.07, 6.45) is 11.7. The average Bonchev–Trinajstić information content (AvgIpc) is 2.95. The fourth-order valence-corrected chi connectivity index (χ4v) is 8.58. The molecule has 2 aromatic rings. The second kappa shape index (κ2) is 11.1. The second-order valence-electron chi connectivity index (χ2n) is 12.8. The van der Waals surface area contributed by atoms with Crippen molar-refractivity contribution in [1.29, 1.82) is 0 Å². The highest BCUT2D eigenvalue weighted by Crippen LogP contribution is 2.48. The molecule has 7 atom stereocenters. The molecule has 0 radical (unpaired) electrons. The maximum Gasteiger partial charge on any atom is 0.332 e. The van der Waals surface area contributed by atoms with Gasteiger partial charge in [0.25, 0.3) is 5.56 Å². The summed E-state index contributed by atoms with van der Waals surface area (Å²) in [7, 11) is 1.25. The Balaban J connectivity index is 1.30. The van der Waals surface area contributed by atoms with Gasteiger partial charge in [-0.2, -0.15) is 0 Å². The molecule has 6 rings (SSSR count). The van der Waals surface area contributed by atoms with Gasteiger partial charge in [0, 0.05) is 24.2 Å². The number of carbonyl (C=O) groups excluding carboxylic acids is 2. The number of piperidine rings is 2. The third kappa shape index (κ3) is 5.01. The predicted octanol–water partition coefficient (Wildman–Crippen LogP) is 3.23. The van der Waals surface area contributed by atoms with Crippen LogP contribution in [0.5, 0.6) is 0 Å². The molecule has 4 bridgehead atoms. The highest BCUT2D eigenvalue weighted by molar-refractivity contribution is 5.84. The maximum absolute atomic E-state index is 13.9. The molecule has 4 fully saturated rings. The van der Waals surface area contributed by atoms with Gasteiger partial charge in [0.05, 0.1) is 18.0 Å². The largest absolute Gasteiger partial charge is 0.468 e. The Morgan fingerprint density at radius 2 is 1.68 bits per heavy atom. The molecule has 4 aliphatic rings. The molecular formula is C31H42N4O5. The van der Waals surface area contributed by atoms with Crippen molar-refractivity contribution >= 4 is 22.8 Å². The van der Waals surface area contributed by atoms with Crippen molar-refractivity contribution in [1.82, 2.24) is 19.4 Å². The summed E-state index contributed by atoms with van der Waals surface area (Å²) in [5.74, 6) is 1.45. The van der Waals surface area contributed by atoms with Crippen molar-refractivity contribution in [3.63, 3.8) is 0 Å². The third-order valence-corrected chi connectivity index (χ3v) is 10.5. The van der Waals surface area contributed by atoms with E-state index in [1.807, 2.05) is 0 Å². The fraction of sp³-hybridized carbons (Fsp3) is 0.677.